The van der Waals surface area contributed by atoms with Gasteiger partial charge in [-0.1, -0.05) is 20.9 Å². The molecular formula is C42H85N4NaO22S2. The Morgan fingerprint density at radius 3 is 1.49 bits per heavy atom. The molecule has 0 bridgehead atoms. The molecule has 418 valence electrons. The van der Waals surface area contributed by atoms with Gasteiger partial charge >= 0.3 is 52.1 Å². The monoisotopic (exact) mass is 1080 g/mol. The molecule has 71 heavy (non-hydrogen) atoms. The summed E-state index contributed by atoms with van der Waals surface area (Å²) in [4.78, 5) is 38.3. The standard InChI is InChI=1S/C12H21NO4.C12H21NO3.C8H17NO5S.C7H15NO3.CH2O3.2CH4.Na.H2O4S/c1-8-12(16-8)7-13(6-9(12)15-5)10(14)17-11(2,3)4;1-6-9-7-13(8-10(9)15-5)11(14)16-12(2,3)4;1-6(10)8(11)5-9(15(3,12)13)4-7(8)14-2;1-5(9)7(10)4-8-3-6(7)11-2;2-1-4-3;;;;1-5(2,3)4/h8-9H,6-7H2,1-5H3;6,10H,7-8H2,1-5H3;6-7,10-11H,4-5H2,1-3H3;5-6,8-10H,3-4H2,1-2H3;1,3H;2*1H4;;(H2,1,2,3,4)/q;;;;;;;+1;/p-1/b;9-6+;;;;;;;/t8-,9-,12+;10-;6-,7+,8-;5-,6+,7-;;;;;/m0011...../s1. The predicted octanol–water partition coefficient (Wildman–Crippen LogP) is -3.23. The molecule has 7 N–H and O–H groups in total. The van der Waals surface area contributed by atoms with Gasteiger partial charge in [0, 0.05) is 61.2 Å². The number of carbonyl (C=O) groups is 3. The number of aliphatic hydroxyl groups excluding tert-OH is 2. The number of hydrogen-bond donors (Lipinski definition) is 7. The van der Waals surface area contributed by atoms with Gasteiger partial charge < -0.3 is 78.8 Å². The van der Waals surface area contributed by atoms with Gasteiger partial charge in [-0.3, -0.25) is 13.9 Å². The first-order chi connectivity index (χ1) is 30.9. The Balaban J connectivity index is -0.000000396. The zero-order valence-corrected chi connectivity index (χ0v) is 46.4. The molecule has 10 atom stereocenters. The zero-order valence-electron chi connectivity index (χ0n) is 42.7. The van der Waals surface area contributed by atoms with Crippen molar-refractivity contribution in [1.29, 1.82) is 0 Å². The SMILES string of the molecule is C.C.C/C=C1\CN(C(=O)OC(C)(C)C)C[C@@H]1OC.CO[C@H]1CN(C(=O)OC(C)(C)C)C[C@]12O[C@H]2C.CO[C@H]1CN(S(C)(=O)=O)C[C@@]1(O)[C@@H](C)O.CO[C@H]1CNC[C@@]1(O)[C@@H](C)O.O=CO[O-].O=S(=O)(O)O.[Na+]. The molecular weight excluding hydrogens is 1000 g/mol. The summed E-state index contributed by atoms with van der Waals surface area (Å²) in [6.45, 7) is 21.1. The van der Waals surface area contributed by atoms with Gasteiger partial charge in [-0.25, -0.2) is 18.0 Å². The number of carbonyl (C=O) groups excluding carboxylic acids is 3. The van der Waals surface area contributed by atoms with Crippen LogP contribution in [0.1, 0.15) is 84.1 Å². The van der Waals surface area contributed by atoms with Crippen molar-refractivity contribution in [1.82, 2.24) is 19.4 Å². The molecule has 5 fully saturated rings. The summed E-state index contributed by atoms with van der Waals surface area (Å²) >= 11 is 0. The summed E-state index contributed by atoms with van der Waals surface area (Å²) in [7, 11) is -1.81. The van der Waals surface area contributed by atoms with Gasteiger partial charge in [-0.05, 0) is 74.8 Å². The minimum Gasteiger partial charge on any atom is -0.662 e. The van der Waals surface area contributed by atoms with Gasteiger partial charge in [0.1, 0.15) is 46.3 Å². The van der Waals surface area contributed by atoms with Gasteiger partial charge in [0.15, 0.2) is 0 Å². The van der Waals surface area contributed by atoms with Crippen molar-refractivity contribution in [3.8, 4) is 0 Å². The van der Waals surface area contributed by atoms with E-state index in [-0.39, 0.29) is 106 Å². The second-order valence-corrected chi connectivity index (χ2v) is 21.2. The maximum atomic E-state index is 11.9. The molecule has 0 radical (unpaired) electrons. The summed E-state index contributed by atoms with van der Waals surface area (Å²) in [5.74, 6) is 0. The van der Waals surface area contributed by atoms with Crippen LogP contribution in [0.5, 0.6) is 0 Å². The molecule has 5 aliphatic heterocycles. The molecule has 26 nitrogen and oxygen atoms in total. The molecule has 0 aromatic carbocycles. The van der Waals surface area contributed by atoms with E-state index in [1.807, 2.05) is 61.5 Å². The Morgan fingerprint density at radius 2 is 1.23 bits per heavy atom. The summed E-state index contributed by atoms with van der Waals surface area (Å²) in [5, 5.41) is 50.0. The first-order valence-corrected chi connectivity index (χ1v) is 24.4. The average molecular weight is 1090 g/mol. The largest absolute Gasteiger partial charge is 1.00 e. The van der Waals surface area contributed by atoms with Gasteiger partial charge in [0.2, 0.25) is 10.0 Å². The summed E-state index contributed by atoms with van der Waals surface area (Å²) < 4.78 is 92.2. The fourth-order valence-corrected chi connectivity index (χ4v) is 8.00. The van der Waals surface area contributed by atoms with E-state index < -0.39 is 61.1 Å². The van der Waals surface area contributed by atoms with Crippen molar-refractivity contribution in [3.05, 3.63) is 11.6 Å². The summed E-state index contributed by atoms with van der Waals surface area (Å²) in [5.41, 5.74) is -2.73. The number of nitrogens with zero attached hydrogens (tertiary/aromatic N) is 3. The van der Waals surface area contributed by atoms with E-state index in [4.69, 9.17) is 60.7 Å². The number of rotatable bonds is 8. The zero-order chi connectivity index (χ0) is 53.4. The molecule has 1 spiro atoms. The van der Waals surface area contributed by atoms with Gasteiger partial charge in [-0.2, -0.15) is 12.7 Å². The van der Waals surface area contributed by atoms with E-state index in [0.717, 1.165) is 16.1 Å². The van der Waals surface area contributed by atoms with Crippen LogP contribution in [0.15, 0.2) is 11.6 Å². The molecule has 0 saturated carbocycles. The maximum Gasteiger partial charge on any atom is 1.00 e. The van der Waals surface area contributed by atoms with Crippen molar-refractivity contribution in [2.75, 3.05) is 87.1 Å². The normalized spacial score (nSPS) is 29.1. The van der Waals surface area contributed by atoms with E-state index in [1.165, 1.54) is 21.1 Å². The molecule has 5 rings (SSSR count). The second-order valence-electron chi connectivity index (χ2n) is 18.4. The Bertz CT molecular complexity index is 1830. The fourth-order valence-electron chi connectivity index (χ4n) is 7.15. The first-order valence-electron chi connectivity index (χ1n) is 21.2. The molecule has 29 heteroatoms. The minimum absolute atomic E-state index is 0. The van der Waals surface area contributed by atoms with Crippen molar-refractivity contribution >= 4 is 39.1 Å². The van der Waals surface area contributed by atoms with E-state index in [9.17, 15) is 38.4 Å². The van der Waals surface area contributed by atoms with Crippen LogP contribution in [0.25, 0.3) is 0 Å². The fraction of sp³-hybridized carbons (Fsp3) is 0.881. The summed E-state index contributed by atoms with van der Waals surface area (Å²) in [6.07, 6.45) is -0.203. The van der Waals surface area contributed by atoms with Crippen molar-refractivity contribution < 1.29 is 134 Å². The van der Waals surface area contributed by atoms with Crippen LogP contribution in [0.3, 0.4) is 0 Å². The topological polar surface area (TPSA) is 363 Å². The van der Waals surface area contributed by atoms with Crippen LogP contribution in [0.2, 0.25) is 0 Å². The predicted molar refractivity (Wildman–Crippen MR) is 253 cm³/mol. The third kappa shape index (κ3) is 25.0. The third-order valence-electron chi connectivity index (χ3n) is 11.0. The number of amides is 2. The summed E-state index contributed by atoms with van der Waals surface area (Å²) in [6, 6.07) is 0. The smallest absolute Gasteiger partial charge is 0.662 e. The minimum atomic E-state index is -4.67. The third-order valence-corrected chi connectivity index (χ3v) is 12.2. The van der Waals surface area contributed by atoms with Gasteiger partial charge in [-0.15, -0.1) is 0 Å². The van der Waals surface area contributed by atoms with Crippen LogP contribution in [0.4, 0.5) is 9.59 Å². The van der Waals surface area contributed by atoms with Gasteiger partial charge in [0.05, 0.1) is 50.3 Å². The molecule has 5 aliphatic rings. The number of ether oxygens (including phenoxy) is 7. The number of aliphatic hydroxyl groups is 4. The second kappa shape index (κ2) is 31.9. The van der Waals surface area contributed by atoms with Crippen molar-refractivity contribution in [3.63, 3.8) is 0 Å². The Morgan fingerprint density at radius 1 is 0.803 bits per heavy atom. The number of methoxy groups -OCH3 is 4. The molecule has 0 aliphatic carbocycles. The molecule has 5 saturated heterocycles. The Labute approximate surface area is 443 Å². The Kier molecular flexibility index (Phi) is 33.9. The van der Waals surface area contributed by atoms with Crippen LogP contribution < -0.4 is 40.1 Å². The average Bonchev–Trinajstić information content (AvgIpc) is 3.70. The van der Waals surface area contributed by atoms with E-state index in [1.54, 1.807) is 30.9 Å². The molecule has 0 unspecified atom stereocenters. The molecule has 0 aromatic heterocycles. The number of allylic oxidation sites excluding steroid dienone is 1. The van der Waals surface area contributed by atoms with Crippen LogP contribution >= 0.6 is 0 Å². The van der Waals surface area contributed by atoms with Gasteiger partial charge in [0.25, 0.3) is 6.47 Å². The van der Waals surface area contributed by atoms with E-state index in [0.29, 0.717) is 39.3 Å². The molecule has 0 aromatic rings. The number of likely N-dealkylation sites (tertiary alicyclic amines) is 2. The van der Waals surface area contributed by atoms with Crippen LogP contribution in [-0.2, 0) is 63.3 Å². The molecule has 2 amide bonds. The number of sulfonamides is 1. The first kappa shape index (κ1) is 75.6. The van der Waals surface area contributed by atoms with E-state index in [2.05, 4.69) is 10.2 Å². The molecule has 5 heterocycles. The number of hydrogen-bond acceptors (Lipinski definition) is 21. The maximum absolute atomic E-state index is 11.9. The van der Waals surface area contributed by atoms with Crippen LogP contribution in [-0.4, -0.2) is 237 Å². The van der Waals surface area contributed by atoms with E-state index >= 15 is 0 Å². The van der Waals surface area contributed by atoms with Crippen molar-refractivity contribution in [2.24, 2.45) is 0 Å². The van der Waals surface area contributed by atoms with Crippen LogP contribution in [0, 0.1) is 0 Å². The van der Waals surface area contributed by atoms with Crippen molar-refractivity contribution in [2.45, 2.75) is 155 Å². The number of epoxide rings is 1. The number of nitrogens with one attached hydrogen (secondary N) is 1. The Hall–Kier alpha value is -1.91. The quantitative estimate of drug-likeness (QED) is 0.0239. The number of β-amino-alcohol motifs (C(OH)–C–C–N with tert-alkyl or cyclic N) is 2.